The summed E-state index contributed by atoms with van der Waals surface area (Å²) in [7, 11) is 0. The Bertz CT molecular complexity index is 1630. The van der Waals surface area contributed by atoms with E-state index >= 15 is 0 Å². The van der Waals surface area contributed by atoms with Crippen molar-refractivity contribution in [3.05, 3.63) is 88.5 Å². The van der Waals surface area contributed by atoms with Crippen molar-refractivity contribution in [2.45, 2.75) is 64.6 Å². The summed E-state index contributed by atoms with van der Waals surface area (Å²) in [5.41, 5.74) is 11.2. The van der Waals surface area contributed by atoms with E-state index in [1.54, 1.807) is 30.3 Å². The van der Waals surface area contributed by atoms with E-state index in [0.29, 0.717) is 61.1 Å². The minimum absolute atomic E-state index is 0.0691. The third-order valence-electron chi connectivity index (χ3n) is 9.00. The van der Waals surface area contributed by atoms with E-state index < -0.39 is 0 Å². The Labute approximate surface area is 269 Å². The van der Waals surface area contributed by atoms with Crippen LogP contribution in [0.5, 0.6) is 5.75 Å². The van der Waals surface area contributed by atoms with Gasteiger partial charge in [-0.1, -0.05) is 25.1 Å². The molecule has 0 spiro atoms. The maximum atomic E-state index is 13.5. The maximum Gasteiger partial charge on any atom is 0.262 e. The van der Waals surface area contributed by atoms with Gasteiger partial charge in [-0.25, -0.2) is 0 Å². The Morgan fingerprint density at radius 1 is 1.04 bits per heavy atom. The SMILES string of the molecule is C[C@@H](CN)CCCC(=O)N1CCc2cc(NC(=O)c3ccc(CN(C(=O)c4ccc5c(c4)OCC(=O)N5)C4CC4)cc3)ccc2C1. The number of fused-ring (bicyclic) bond motifs is 2. The molecule has 1 saturated carbocycles. The van der Waals surface area contributed by atoms with Crippen LogP contribution in [-0.4, -0.2) is 59.2 Å². The van der Waals surface area contributed by atoms with Gasteiger partial charge in [0.25, 0.3) is 17.7 Å². The Morgan fingerprint density at radius 2 is 1.83 bits per heavy atom. The molecule has 240 valence electrons. The van der Waals surface area contributed by atoms with Crippen LogP contribution in [0.3, 0.4) is 0 Å². The van der Waals surface area contributed by atoms with Crippen molar-refractivity contribution in [1.82, 2.24) is 9.80 Å². The predicted octanol–water partition coefficient (Wildman–Crippen LogP) is 4.72. The largest absolute Gasteiger partial charge is 0.482 e. The highest BCUT2D eigenvalue weighted by Gasteiger charge is 2.33. The molecule has 10 nitrogen and oxygen atoms in total. The molecule has 1 fully saturated rings. The van der Waals surface area contributed by atoms with Crippen molar-refractivity contribution in [2.24, 2.45) is 11.7 Å². The fourth-order valence-electron chi connectivity index (χ4n) is 6.01. The number of nitrogens with zero attached hydrogens (tertiary/aromatic N) is 2. The van der Waals surface area contributed by atoms with Gasteiger partial charge in [-0.3, -0.25) is 19.2 Å². The van der Waals surface area contributed by atoms with Crippen LogP contribution < -0.4 is 21.1 Å². The number of ether oxygens (including phenoxy) is 1. The molecule has 3 aromatic rings. The van der Waals surface area contributed by atoms with Gasteiger partial charge in [-0.05, 0) is 104 Å². The lowest BCUT2D eigenvalue weighted by Gasteiger charge is -2.29. The summed E-state index contributed by atoms with van der Waals surface area (Å²) >= 11 is 0. The molecule has 1 atom stereocenters. The predicted molar refractivity (Wildman–Crippen MR) is 175 cm³/mol. The van der Waals surface area contributed by atoms with Crippen LogP contribution in [0.1, 0.15) is 76.4 Å². The summed E-state index contributed by atoms with van der Waals surface area (Å²) in [6.45, 7) is 4.39. The van der Waals surface area contributed by atoms with Crippen molar-refractivity contribution >= 4 is 35.0 Å². The summed E-state index contributed by atoms with van der Waals surface area (Å²) in [4.78, 5) is 54.7. The van der Waals surface area contributed by atoms with Gasteiger partial charge in [0.15, 0.2) is 6.61 Å². The molecule has 2 aliphatic heterocycles. The average Bonchev–Trinajstić information content (AvgIpc) is 3.92. The second-order valence-corrected chi connectivity index (χ2v) is 12.6. The van der Waals surface area contributed by atoms with E-state index in [2.05, 4.69) is 17.6 Å². The highest BCUT2D eigenvalue weighted by molar-refractivity contribution is 6.04. The topological polar surface area (TPSA) is 134 Å². The molecule has 3 aliphatic rings. The van der Waals surface area contributed by atoms with Crippen molar-refractivity contribution in [3.8, 4) is 5.75 Å². The van der Waals surface area contributed by atoms with E-state index in [1.165, 1.54) is 0 Å². The van der Waals surface area contributed by atoms with Gasteiger partial charge < -0.3 is 30.9 Å². The number of nitrogens with one attached hydrogen (secondary N) is 2. The number of rotatable bonds is 11. The number of amides is 4. The number of hydrogen-bond acceptors (Lipinski definition) is 6. The lowest BCUT2D eigenvalue weighted by atomic mass is 9.98. The van der Waals surface area contributed by atoms with Crippen molar-refractivity contribution < 1.29 is 23.9 Å². The second kappa shape index (κ2) is 13.7. The van der Waals surface area contributed by atoms with Gasteiger partial charge in [0.2, 0.25) is 5.91 Å². The maximum absolute atomic E-state index is 13.5. The van der Waals surface area contributed by atoms with Gasteiger partial charge in [-0.2, -0.15) is 0 Å². The summed E-state index contributed by atoms with van der Waals surface area (Å²) in [6, 6.07) is 18.5. The number of benzene rings is 3. The average molecular weight is 624 g/mol. The van der Waals surface area contributed by atoms with Gasteiger partial charge in [0.05, 0.1) is 5.69 Å². The second-order valence-electron chi connectivity index (χ2n) is 12.6. The number of carbonyl (C=O) groups excluding carboxylic acids is 4. The Kier molecular flexibility index (Phi) is 9.35. The zero-order valence-corrected chi connectivity index (χ0v) is 26.2. The van der Waals surface area contributed by atoms with Crippen LogP contribution >= 0.6 is 0 Å². The fraction of sp³-hybridized carbons (Fsp3) is 0.389. The first-order valence-corrected chi connectivity index (χ1v) is 16.1. The molecule has 0 bridgehead atoms. The standard InChI is InChI=1S/C36H41N5O5/c1-23(19-37)3-2-4-34(43)40-16-15-26-17-29(11-9-28(26)21-40)38-35(44)25-7-5-24(6-8-25)20-41(30-12-13-30)36(45)27-10-14-31-32(18-27)46-22-33(42)39-31/h5-11,14,17-18,23,30H,2-4,12-13,15-16,19-22,37H2,1H3,(H,38,44)(H,39,42)/t23-/m1/s1. The summed E-state index contributed by atoms with van der Waals surface area (Å²) in [5.74, 6) is 0.598. The number of nitrogens with two attached hydrogens (primary N) is 1. The monoisotopic (exact) mass is 623 g/mol. The third kappa shape index (κ3) is 7.39. The van der Waals surface area contributed by atoms with E-state index in [-0.39, 0.29) is 36.3 Å². The molecule has 6 rings (SSSR count). The molecule has 0 aromatic heterocycles. The Morgan fingerprint density at radius 3 is 2.59 bits per heavy atom. The minimum atomic E-state index is -0.216. The molecule has 2 heterocycles. The van der Waals surface area contributed by atoms with Crippen LogP contribution in [0, 0.1) is 5.92 Å². The molecule has 4 N–H and O–H groups in total. The molecule has 0 saturated heterocycles. The van der Waals surface area contributed by atoms with Crippen molar-refractivity contribution in [1.29, 1.82) is 0 Å². The zero-order chi connectivity index (χ0) is 32.2. The molecular formula is C36H41N5O5. The van der Waals surface area contributed by atoms with Crippen LogP contribution in [0.4, 0.5) is 11.4 Å². The molecule has 46 heavy (non-hydrogen) atoms. The normalized spacial score (nSPS) is 16.0. The van der Waals surface area contributed by atoms with Gasteiger partial charge in [0, 0.05) is 48.9 Å². The van der Waals surface area contributed by atoms with Crippen LogP contribution in [0.25, 0.3) is 0 Å². The van der Waals surface area contributed by atoms with Crippen LogP contribution in [0.2, 0.25) is 0 Å². The van der Waals surface area contributed by atoms with E-state index in [4.69, 9.17) is 10.5 Å². The summed E-state index contributed by atoms with van der Waals surface area (Å²) < 4.78 is 5.50. The molecule has 4 amide bonds. The Balaban J connectivity index is 1.04. The fourth-order valence-corrected chi connectivity index (χ4v) is 6.01. The molecule has 1 aliphatic carbocycles. The molecular weight excluding hydrogens is 582 g/mol. The number of carbonyl (C=O) groups is 4. The van der Waals surface area contributed by atoms with Gasteiger partial charge in [-0.15, -0.1) is 0 Å². The lowest BCUT2D eigenvalue weighted by molar-refractivity contribution is -0.132. The quantitative estimate of drug-likeness (QED) is 0.283. The number of hydrogen-bond donors (Lipinski definition) is 3. The van der Waals surface area contributed by atoms with E-state index in [0.717, 1.165) is 54.5 Å². The van der Waals surface area contributed by atoms with Crippen LogP contribution in [0.15, 0.2) is 60.7 Å². The third-order valence-corrected chi connectivity index (χ3v) is 9.00. The first-order valence-electron chi connectivity index (χ1n) is 16.1. The van der Waals surface area contributed by atoms with Gasteiger partial charge >= 0.3 is 0 Å². The number of anilines is 2. The molecule has 3 aromatic carbocycles. The van der Waals surface area contributed by atoms with E-state index in [1.807, 2.05) is 40.1 Å². The first-order chi connectivity index (χ1) is 22.3. The Hall–Kier alpha value is -4.70. The highest BCUT2D eigenvalue weighted by Crippen LogP contribution is 2.33. The molecule has 0 unspecified atom stereocenters. The molecule has 0 radical (unpaired) electrons. The smallest absolute Gasteiger partial charge is 0.262 e. The van der Waals surface area contributed by atoms with Crippen LogP contribution in [-0.2, 0) is 29.1 Å². The first kappa shape index (κ1) is 31.3. The summed E-state index contributed by atoms with van der Waals surface area (Å²) in [6.07, 6.45) is 5.03. The highest BCUT2D eigenvalue weighted by atomic mass is 16.5. The van der Waals surface area contributed by atoms with Crippen molar-refractivity contribution in [2.75, 3.05) is 30.3 Å². The lowest BCUT2D eigenvalue weighted by Crippen LogP contribution is -2.35. The summed E-state index contributed by atoms with van der Waals surface area (Å²) in [5, 5.41) is 5.76. The zero-order valence-electron chi connectivity index (χ0n) is 26.2. The minimum Gasteiger partial charge on any atom is -0.482 e. The van der Waals surface area contributed by atoms with Crippen molar-refractivity contribution in [3.63, 3.8) is 0 Å². The molecule has 10 heteroatoms. The van der Waals surface area contributed by atoms with Gasteiger partial charge in [0.1, 0.15) is 5.75 Å². The van der Waals surface area contributed by atoms with E-state index in [9.17, 15) is 19.2 Å².